The molecule has 4 heterocycles. The lowest BCUT2D eigenvalue weighted by molar-refractivity contribution is -0.137. The minimum absolute atomic E-state index is 0.367. The van der Waals surface area contributed by atoms with E-state index in [1.807, 2.05) is 6.07 Å². The zero-order chi connectivity index (χ0) is 20.2. The second kappa shape index (κ2) is 6.69. The van der Waals surface area contributed by atoms with E-state index < -0.39 is 11.7 Å². The van der Waals surface area contributed by atoms with E-state index in [1.165, 1.54) is 29.5 Å². The smallest absolute Gasteiger partial charge is 0.354 e. The lowest BCUT2D eigenvalue weighted by Crippen LogP contribution is -2.53. The second-order valence-electron chi connectivity index (χ2n) is 7.79. The Hall–Kier alpha value is -2.68. The molecule has 3 aromatic rings. The first-order chi connectivity index (χ1) is 13.9. The van der Waals surface area contributed by atoms with E-state index in [4.69, 9.17) is 0 Å². The largest absolute Gasteiger partial charge is 0.417 e. The zero-order valence-corrected chi connectivity index (χ0v) is 16.0. The predicted octanol–water partition coefficient (Wildman–Crippen LogP) is 3.48. The van der Waals surface area contributed by atoms with Crippen LogP contribution in [0.3, 0.4) is 0 Å². The van der Waals surface area contributed by atoms with Crippen molar-refractivity contribution in [2.75, 3.05) is 24.5 Å². The van der Waals surface area contributed by atoms with Crippen molar-refractivity contribution in [2.45, 2.75) is 38.0 Å². The van der Waals surface area contributed by atoms with Gasteiger partial charge in [0.1, 0.15) is 17.2 Å². The number of halogens is 3. The molecule has 1 saturated heterocycles. The Balaban J connectivity index is 1.45. The Morgan fingerprint density at radius 2 is 1.90 bits per heavy atom. The van der Waals surface area contributed by atoms with Crippen LogP contribution in [-0.2, 0) is 6.18 Å². The summed E-state index contributed by atoms with van der Waals surface area (Å²) in [6, 6.07) is 5.42. The topological polar surface area (TPSA) is 49.6 Å². The van der Waals surface area contributed by atoms with E-state index in [0.29, 0.717) is 23.2 Å². The molecule has 3 aromatic heterocycles. The van der Waals surface area contributed by atoms with Gasteiger partial charge in [-0.2, -0.15) is 13.2 Å². The number of anilines is 1. The van der Waals surface area contributed by atoms with E-state index in [2.05, 4.69) is 31.7 Å². The highest BCUT2D eigenvalue weighted by Gasteiger charge is 2.35. The van der Waals surface area contributed by atoms with Crippen molar-refractivity contribution in [3.63, 3.8) is 0 Å². The fourth-order valence-corrected chi connectivity index (χ4v) is 4.09. The molecule has 0 spiro atoms. The van der Waals surface area contributed by atoms with Gasteiger partial charge in [0.05, 0.1) is 11.8 Å². The maximum absolute atomic E-state index is 13.1. The fraction of sp³-hybridized carbons (Fsp3) is 0.450. The SMILES string of the molecule is C[C@H]1CN(c2ccnc(-c3cnc4ccc(C(F)(F)F)cn34)n2)CCN1C1CC1. The zero-order valence-electron chi connectivity index (χ0n) is 16.0. The van der Waals surface area contributed by atoms with Gasteiger partial charge in [0.2, 0.25) is 0 Å². The monoisotopic (exact) mass is 402 g/mol. The molecule has 9 heteroatoms. The summed E-state index contributed by atoms with van der Waals surface area (Å²) in [5, 5.41) is 0. The third kappa shape index (κ3) is 3.43. The normalized spacial score (nSPS) is 21.1. The molecule has 1 aliphatic heterocycles. The van der Waals surface area contributed by atoms with Crippen molar-refractivity contribution >= 4 is 11.5 Å². The molecule has 2 fully saturated rings. The molecule has 5 rings (SSSR count). The van der Waals surface area contributed by atoms with Crippen LogP contribution < -0.4 is 4.90 Å². The van der Waals surface area contributed by atoms with Gasteiger partial charge in [-0.05, 0) is 38.0 Å². The maximum atomic E-state index is 13.1. The van der Waals surface area contributed by atoms with E-state index in [-0.39, 0.29) is 0 Å². The minimum Gasteiger partial charge on any atom is -0.354 e. The number of hydrogen-bond acceptors (Lipinski definition) is 5. The minimum atomic E-state index is -4.42. The van der Waals surface area contributed by atoms with Crippen molar-refractivity contribution in [2.24, 2.45) is 0 Å². The number of nitrogens with zero attached hydrogens (tertiary/aromatic N) is 6. The average Bonchev–Trinajstić information content (AvgIpc) is 3.45. The first-order valence-corrected chi connectivity index (χ1v) is 9.78. The van der Waals surface area contributed by atoms with Gasteiger partial charge in [-0.1, -0.05) is 0 Å². The second-order valence-corrected chi connectivity index (χ2v) is 7.79. The molecular formula is C20H21F3N6. The van der Waals surface area contributed by atoms with Gasteiger partial charge in [0.15, 0.2) is 5.82 Å². The molecule has 1 aliphatic carbocycles. The van der Waals surface area contributed by atoms with Gasteiger partial charge in [0, 0.05) is 44.1 Å². The van der Waals surface area contributed by atoms with Crippen LogP contribution in [0.5, 0.6) is 0 Å². The van der Waals surface area contributed by atoms with Gasteiger partial charge in [-0.3, -0.25) is 9.30 Å². The summed E-state index contributed by atoms with van der Waals surface area (Å²) in [5.41, 5.74) is 0.136. The third-order valence-electron chi connectivity index (χ3n) is 5.72. The molecule has 0 aromatic carbocycles. The summed E-state index contributed by atoms with van der Waals surface area (Å²) in [4.78, 5) is 17.9. The van der Waals surface area contributed by atoms with Crippen molar-refractivity contribution in [3.8, 4) is 11.5 Å². The van der Waals surface area contributed by atoms with Crippen LogP contribution >= 0.6 is 0 Å². The summed E-state index contributed by atoms with van der Waals surface area (Å²) in [5.74, 6) is 1.16. The Morgan fingerprint density at radius 3 is 2.62 bits per heavy atom. The van der Waals surface area contributed by atoms with Crippen LogP contribution in [0.1, 0.15) is 25.3 Å². The molecule has 2 aliphatic rings. The number of aromatic nitrogens is 4. The molecule has 0 unspecified atom stereocenters. The molecule has 0 radical (unpaired) electrons. The number of fused-ring (bicyclic) bond motifs is 1. The van der Waals surface area contributed by atoms with Crippen molar-refractivity contribution in [3.05, 3.63) is 42.4 Å². The predicted molar refractivity (Wildman–Crippen MR) is 103 cm³/mol. The standard InChI is InChI=1S/C20H21F3N6/c1-13-11-27(8-9-28(13)15-3-4-15)18-6-7-24-19(26-18)16-10-25-17-5-2-14(12-29(16)17)20(21,22)23/h2,5-7,10,12-13,15H,3-4,8-9,11H2,1H3/t13-/m0/s1. The maximum Gasteiger partial charge on any atom is 0.417 e. The number of imidazole rings is 1. The van der Waals surface area contributed by atoms with Gasteiger partial charge >= 0.3 is 6.18 Å². The summed E-state index contributed by atoms with van der Waals surface area (Å²) in [7, 11) is 0. The van der Waals surface area contributed by atoms with Gasteiger partial charge in [-0.25, -0.2) is 15.0 Å². The van der Waals surface area contributed by atoms with E-state index in [1.54, 1.807) is 6.20 Å². The number of piperazine rings is 1. The Labute approximate surface area is 166 Å². The van der Waals surface area contributed by atoms with Crippen LogP contribution in [-0.4, -0.2) is 56.0 Å². The third-order valence-corrected chi connectivity index (χ3v) is 5.72. The molecule has 0 amide bonds. The highest BCUT2D eigenvalue weighted by atomic mass is 19.4. The molecule has 29 heavy (non-hydrogen) atoms. The highest BCUT2D eigenvalue weighted by Crippen LogP contribution is 2.32. The van der Waals surface area contributed by atoms with Crippen LogP contribution in [0, 0.1) is 0 Å². The Morgan fingerprint density at radius 1 is 1.07 bits per heavy atom. The number of rotatable bonds is 3. The first kappa shape index (κ1) is 18.4. The lowest BCUT2D eigenvalue weighted by atomic mass is 10.2. The summed E-state index contributed by atoms with van der Waals surface area (Å²) >= 11 is 0. The van der Waals surface area contributed by atoms with Crippen molar-refractivity contribution in [1.29, 1.82) is 0 Å². The molecule has 0 N–H and O–H groups in total. The molecule has 1 atom stereocenters. The van der Waals surface area contributed by atoms with Gasteiger partial charge < -0.3 is 4.90 Å². The van der Waals surface area contributed by atoms with Crippen LogP contribution in [0.4, 0.5) is 19.0 Å². The molecule has 6 nitrogen and oxygen atoms in total. The number of hydrogen-bond donors (Lipinski definition) is 0. The highest BCUT2D eigenvalue weighted by molar-refractivity contribution is 5.59. The number of pyridine rings is 1. The molecular weight excluding hydrogens is 381 g/mol. The van der Waals surface area contributed by atoms with Gasteiger partial charge in [-0.15, -0.1) is 0 Å². The summed E-state index contributed by atoms with van der Waals surface area (Å²) < 4.78 is 40.7. The number of alkyl halides is 3. The van der Waals surface area contributed by atoms with Crippen molar-refractivity contribution < 1.29 is 13.2 Å². The Kier molecular flexibility index (Phi) is 4.23. The van der Waals surface area contributed by atoms with Crippen LogP contribution in [0.2, 0.25) is 0 Å². The average molecular weight is 402 g/mol. The van der Waals surface area contributed by atoms with E-state index >= 15 is 0 Å². The first-order valence-electron chi connectivity index (χ1n) is 9.78. The van der Waals surface area contributed by atoms with Crippen LogP contribution in [0.25, 0.3) is 17.2 Å². The Bertz CT molecular complexity index is 1040. The molecule has 1 saturated carbocycles. The summed E-state index contributed by atoms with van der Waals surface area (Å²) in [6.45, 7) is 4.98. The molecule has 152 valence electrons. The van der Waals surface area contributed by atoms with Gasteiger partial charge in [0.25, 0.3) is 0 Å². The van der Waals surface area contributed by atoms with Crippen molar-refractivity contribution in [1.82, 2.24) is 24.3 Å². The lowest BCUT2D eigenvalue weighted by Gasteiger charge is -2.40. The fourth-order valence-electron chi connectivity index (χ4n) is 4.09. The summed E-state index contributed by atoms with van der Waals surface area (Å²) in [6.07, 6.45) is 2.37. The van der Waals surface area contributed by atoms with E-state index in [0.717, 1.165) is 43.8 Å². The molecule has 0 bridgehead atoms. The van der Waals surface area contributed by atoms with Crippen LogP contribution in [0.15, 0.2) is 36.8 Å². The quantitative estimate of drug-likeness (QED) is 0.671. The van der Waals surface area contributed by atoms with E-state index in [9.17, 15) is 13.2 Å².